The molecule has 128 valence electrons. The molecule has 2 nitrogen and oxygen atoms in total. The molecule has 0 unspecified atom stereocenters. The Morgan fingerprint density at radius 1 is 0.846 bits per heavy atom. The zero-order valence-corrected chi connectivity index (χ0v) is 15.9. The average molecular weight is 403 g/mol. The number of aromatic nitrogens is 2. The number of nitrogens with zero attached hydrogens (tertiary/aromatic N) is 2. The van der Waals surface area contributed by atoms with Crippen molar-refractivity contribution in [3.63, 3.8) is 0 Å². The van der Waals surface area contributed by atoms with E-state index < -0.39 is 0 Å². The molecule has 0 atom stereocenters. The van der Waals surface area contributed by atoms with Crippen molar-refractivity contribution in [1.82, 2.24) is 9.55 Å². The minimum atomic E-state index is 0.0663. The number of imidazole rings is 1. The third-order valence-corrected chi connectivity index (χ3v) is 4.79. The van der Waals surface area contributed by atoms with Crippen LogP contribution in [0.15, 0.2) is 96.0 Å². The van der Waals surface area contributed by atoms with Crippen LogP contribution in [0, 0.1) is 0 Å². The van der Waals surface area contributed by atoms with Crippen molar-refractivity contribution in [2.24, 2.45) is 0 Å². The highest BCUT2D eigenvalue weighted by atomic mass is 79.9. The van der Waals surface area contributed by atoms with Crippen LogP contribution in [0.2, 0.25) is 0 Å². The summed E-state index contributed by atoms with van der Waals surface area (Å²) in [6.07, 6.45) is 0. The molecule has 0 N–H and O–H groups in total. The third kappa shape index (κ3) is 3.23. The van der Waals surface area contributed by atoms with Crippen LogP contribution in [-0.2, 0) is 6.54 Å². The fourth-order valence-electron chi connectivity index (χ4n) is 3.43. The Bertz CT molecular complexity index is 996. The van der Waals surface area contributed by atoms with Crippen LogP contribution in [0.5, 0.6) is 0 Å². The van der Waals surface area contributed by atoms with E-state index in [2.05, 4.69) is 106 Å². The normalized spacial score (nSPS) is 11.2. The zero-order valence-electron chi connectivity index (χ0n) is 14.3. The molecule has 0 aliphatic carbocycles. The average Bonchev–Trinajstić information content (AvgIpc) is 3.01. The first-order valence-corrected chi connectivity index (χ1v) is 9.41. The van der Waals surface area contributed by atoms with Gasteiger partial charge in [0, 0.05) is 4.48 Å². The Morgan fingerprint density at radius 3 is 1.96 bits per heavy atom. The summed E-state index contributed by atoms with van der Waals surface area (Å²) in [6.45, 7) is 4.74. The molecule has 4 rings (SSSR count). The van der Waals surface area contributed by atoms with E-state index in [1.54, 1.807) is 0 Å². The van der Waals surface area contributed by atoms with Crippen molar-refractivity contribution in [3.8, 4) is 0 Å². The Labute approximate surface area is 162 Å². The highest BCUT2D eigenvalue weighted by molar-refractivity contribution is 9.11. The quantitative estimate of drug-likeness (QED) is 0.392. The molecular weight excluding hydrogens is 384 g/mol. The molecule has 1 aromatic heterocycles. The van der Waals surface area contributed by atoms with Gasteiger partial charge in [0.25, 0.3) is 0 Å². The number of hydrogen-bond acceptors (Lipinski definition) is 1. The number of benzene rings is 3. The molecule has 3 heteroatoms. The summed E-state index contributed by atoms with van der Waals surface area (Å²) in [5.74, 6) is 1.10. The Balaban J connectivity index is 1.98. The van der Waals surface area contributed by atoms with Crippen molar-refractivity contribution >= 4 is 27.0 Å². The van der Waals surface area contributed by atoms with Crippen LogP contribution < -0.4 is 0 Å². The molecule has 0 saturated carbocycles. The van der Waals surface area contributed by atoms with Gasteiger partial charge < -0.3 is 4.57 Å². The number of halogens is 1. The van der Waals surface area contributed by atoms with Gasteiger partial charge in [0.1, 0.15) is 5.82 Å². The fraction of sp³-hybridized carbons (Fsp3) is 0.0870. The predicted octanol–water partition coefficient (Wildman–Crippen LogP) is 6.13. The highest BCUT2D eigenvalue weighted by Crippen LogP contribution is 2.34. The number of hydrogen-bond donors (Lipinski definition) is 0. The summed E-state index contributed by atoms with van der Waals surface area (Å²) in [7, 11) is 0. The maximum Gasteiger partial charge on any atom is 0.122 e. The van der Waals surface area contributed by atoms with Crippen molar-refractivity contribution < 1.29 is 0 Å². The van der Waals surface area contributed by atoms with Gasteiger partial charge in [0.15, 0.2) is 0 Å². The topological polar surface area (TPSA) is 17.8 Å². The van der Waals surface area contributed by atoms with Gasteiger partial charge in [0.05, 0.1) is 23.5 Å². The van der Waals surface area contributed by atoms with Crippen LogP contribution >= 0.6 is 15.9 Å². The lowest BCUT2D eigenvalue weighted by molar-refractivity contribution is 0.732. The maximum atomic E-state index is 5.02. The molecule has 0 fully saturated rings. The summed E-state index contributed by atoms with van der Waals surface area (Å²) < 4.78 is 3.19. The van der Waals surface area contributed by atoms with Gasteiger partial charge in [-0.15, -0.1) is 0 Å². The van der Waals surface area contributed by atoms with Gasteiger partial charge in [-0.2, -0.15) is 0 Å². The lowest BCUT2D eigenvalue weighted by Gasteiger charge is -2.20. The van der Waals surface area contributed by atoms with Crippen LogP contribution in [0.3, 0.4) is 0 Å². The summed E-state index contributed by atoms with van der Waals surface area (Å²) in [5, 5.41) is 0. The molecule has 0 aliphatic rings. The van der Waals surface area contributed by atoms with Gasteiger partial charge in [-0.1, -0.05) is 95.3 Å². The second-order valence-corrected chi connectivity index (χ2v) is 7.44. The summed E-state index contributed by atoms with van der Waals surface area (Å²) in [4.78, 5) is 5.02. The van der Waals surface area contributed by atoms with Gasteiger partial charge in [0.2, 0.25) is 0 Å². The molecule has 1 heterocycles. The van der Waals surface area contributed by atoms with E-state index in [1.807, 2.05) is 6.07 Å². The molecular formula is C23H19BrN2. The van der Waals surface area contributed by atoms with Crippen LogP contribution in [0.25, 0.3) is 11.0 Å². The van der Waals surface area contributed by atoms with Crippen molar-refractivity contribution in [2.45, 2.75) is 12.5 Å². The Hall–Kier alpha value is -2.65. The van der Waals surface area contributed by atoms with E-state index in [9.17, 15) is 0 Å². The molecule has 0 saturated heterocycles. The smallest absolute Gasteiger partial charge is 0.122 e. The van der Waals surface area contributed by atoms with E-state index >= 15 is 0 Å². The SMILES string of the molecule is C=C(Br)Cn1c(C(c2ccccc2)c2ccccc2)nc2ccccc21. The minimum absolute atomic E-state index is 0.0663. The summed E-state index contributed by atoms with van der Waals surface area (Å²) in [5.41, 5.74) is 4.60. The molecule has 0 radical (unpaired) electrons. The largest absolute Gasteiger partial charge is 0.322 e. The number of para-hydroxylation sites is 2. The number of fused-ring (bicyclic) bond motifs is 1. The Morgan fingerprint density at radius 2 is 1.38 bits per heavy atom. The lowest BCUT2D eigenvalue weighted by atomic mass is 9.90. The molecule has 4 aromatic rings. The van der Waals surface area contributed by atoms with E-state index in [4.69, 9.17) is 4.98 Å². The van der Waals surface area contributed by atoms with E-state index in [0.29, 0.717) is 6.54 Å². The minimum Gasteiger partial charge on any atom is -0.322 e. The number of allylic oxidation sites excluding steroid dienone is 1. The van der Waals surface area contributed by atoms with Gasteiger partial charge in [-0.05, 0) is 23.3 Å². The number of rotatable bonds is 5. The van der Waals surface area contributed by atoms with E-state index in [1.165, 1.54) is 11.1 Å². The second-order valence-electron chi connectivity index (χ2n) is 6.32. The lowest BCUT2D eigenvalue weighted by Crippen LogP contribution is -2.12. The summed E-state index contributed by atoms with van der Waals surface area (Å²) in [6, 6.07) is 29.4. The van der Waals surface area contributed by atoms with Crippen LogP contribution in [-0.4, -0.2) is 9.55 Å². The van der Waals surface area contributed by atoms with Crippen molar-refractivity contribution in [3.05, 3.63) is 113 Å². The van der Waals surface area contributed by atoms with Crippen molar-refractivity contribution in [2.75, 3.05) is 0 Å². The molecule has 0 bridgehead atoms. The Kier molecular flexibility index (Phi) is 4.72. The first kappa shape index (κ1) is 16.8. The standard InChI is InChI=1S/C23H19BrN2/c1-17(24)16-26-21-15-9-8-14-20(21)25-23(26)22(18-10-4-2-5-11-18)19-12-6-3-7-13-19/h2-15,22H,1,16H2. The van der Waals surface area contributed by atoms with E-state index in [-0.39, 0.29) is 5.92 Å². The van der Waals surface area contributed by atoms with Crippen molar-refractivity contribution in [1.29, 1.82) is 0 Å². The third-order valence-electron chi connectivity index (χ3n) is 4.54. The first-order chi connectivity index (χ1) is 12.7. The monoisotopic (exact) mass is 402 g/mol. The fourth-order valence-corrected chi connectivity index (χ4v) is 3.68. The van der Waals surface area contributed by atoms with Gasteiger partial charge in [-0.25, -0.2) is 4.98 Å². The zero-order chi connectivity index (χ0) is 17.9. The van der Waals surface area contributed by atoms with Gasteiger partial charge in [-0.3, -0.25) is 0 Å². The molecule has 0 spiro atoms. The molecule has 26 heavy (non-hydrogen) atoms. The summed E-state index contributed by atoms with van der Waals surface area (Å²) >= 11 is 3.53. The first-order valence-electron chi connectivity index (χ1n) is 8.62. The maximum absolute atomic E-state index is 5.02. The molecule has 3 aromatic carbocycles. The molecule has 0 aliphatic heterocycles. The van der Waals surface area contributed by atoms with Crippen LogP contribution in [0.4, 0.5) is 0 Å². The van der Waals surface area contributed by atoms with E-state index in [0.717, 1.165) is 21.3 Å². The predicted molar refractivity (Wildman–Crippen MR) is 112 cm³/mol. The van der Waals surface area contributed by atoms with Crippen LogP contribution in [0.1, 0.15) is 22.9 Å². The molecule has 0 amide bonds. The highest BCUT2D eigenvalue weighted by Gasteiger charge is 2.23. The van der Waals surface area contributed by atoms with Gasteiger partial charge >= 0.3 is 0 Å². The second kappa shape index (κ2) is 7.30.